The molecular formula is C10H12O2S. The van der Waals surface area contributed by atoms with Gasteiger partial charge in [0.05, 0.1) is 6.61 Å². The third-order valence-corrected chi connectivity index (χ3v) is 2.32. The highest BCUT2D eigenvalue weighted by atomic mass is 32.1. The van der Waals surface area contributed by atoms with Gasteiger partial charge in [-0.3, -0.25) is 0 Å². The molecule has 1 aromatic rings. The molecule has 0 aliphatic carbocycles. The summed E-state index contributed by atoms with van der Waals surface area (Å²) in [7, 11) is 0. The zero-order valence-electron chi connectivity index (χ0n) is 7.74. The molecule has 0 aliphatic rings. The highest BCUT2D eigenvalue weighted by Crippen LogP contribution is 2.13. The zero-order valence-corrected chi connectivity index (χ0v) is 8.56. The van der Waals surface area contributed by atoms with Gasteiger partial charge in [-0.25, -0.2) is 4.79 Å². The number of carbonyl (C=O) groups excluding carboxylic acids is 1. The van der Waals surface area contributed by atoms with Crippen molar-refractivity contribution in [2.24, 2.45) is 0 Å². The topological polar surface area (TPSA) is 26.3 Å². The van der Waals surface area contributed by atoms with Gasteiger partial charge in [0, 0.05) is 10.5 Å². The molecule has 0 aromatic carbocycles. The Kier molecular flexibility index (Phi) is 3.71. The van der Waals surface area contributed by atoms with Crippen LogP contribution in [0, 0.1) is 0 Å². The van der Waals surface area contributed by atoms with Gasteiger partial charge in [0.1, 0.15) is 0 Å². The Morgan fingerprint density at radius 3 is 3.00 bits per heavy atom. The second kappa shape index (κ2) is 4.82. The van der Waals surface area contributed by atoms with Gasteiger partial charge < -0.3 is 4.74 Å². The number of ether oxygens (including phenoxy) is 1. The molecule has 0 bridgehead atoms. The van der Waals surface area contributed by atoms with E-state index in [2.05, 4.69) is 0 Å². The molecule has 70 valence electrons. The van der Waals surface area contributed by atoms with Crippen LogP contribution in [0.25, 0.3) is 6.08 Å². The van der Waals surface area contributed by atoms with Gasteiger partial charge in [0.15, 0.2) is 0 Å². The second-order valence-electron chi connectivity index (χ2n) is 2.56. The quantitative estimate of drug-likeness (QED) is 0.549. The van der Waals surface area contributed by atoms with Crippen LogP contribution >= 0.6 is 11.3 Å². The largest absolute Gasteiger partial charge is 0.463 e. The van der Waals surface area contributed by atoms with E-state index in [1.54, 1.807) is 25.2 Å². The lowest BCUT2D eigenvalue weighted by Crippen LogP contribution is -2.04. The van der Waals surface area contributed by atoms with Gasteiger partial charge in [0.25, 0.3) is 0 Å². The number of hydrogen-bond donors (Lipinski definition) is 0. The second-order valence-corrected chi connectivity index (χ2v) is 3.54. The van der Waals surface area contributed by atoms with Crippen molar-refractivity contribution in [1.29, 1.82) is 0 Å². The number of thiophene rings is 1. The van der Waals surface area contributed by atoms with Crippen molar-refractivity contribution < 1.29 is 9.53 Å². The molecule has 0 spiro atoms. The van der Waals surface area contributed by atoms with E-state index in [0.29, 0.717) is 12.2 Å². The normalized spacial score (nSPS) is 11.4. The summed E-state index contributed by atoms with van der Waals surface area (Å²) in [6.07, 6.45) is 1.84. The first-order valence-corrected chi connectivity index (χ1v) is 5.01. The molecule has 0 unspecified atom stereocenters. The molecule has 0 N–H and O–H groups in total. The zero-order chi connectivity index (χ0) is 9.68. The summed E-state index contributed by atoms with van der Waals surface area (Å²) in [5.74, 6) is -0.240. The number of hydrogen-bond acceptors (Lipinski definition) is 3. The van der Waals surface area contributed by atoms with Crippen LogP contribution in [0.15, 0.2) is 23.1 Å². The molecule has 0 amide bonds. The fourth-order valence-corrected chi connectivity index (χ4v) is 1.61. The summed E-state index contributed by atoms with van der Waals surface area (Å²) < 4.78 is 4.85. The van der Waals surface area contributed by atoms with Gasteiger partial charge in [-0.05, 0) is 31.4 Å². The average molecular weight is 196 g/mol. The van der Waals surface area contributed by atoms with E-state index in [0.717, 1.165) is 4.88 Å². The van der Waals surface area contributed by atoms with Crippen molar-refractivity contribution in [1.82, 2.24) is 0 Å². The smallest absolute Gasteiger partial charge is 0.333 e. The summed E-state index contributed by atoms with van der Waals surface area (Å²) >= 11 is 1.60. The first kappa shape index (κ1) is 9.99. The van der Waals surface area contributed by atoms with Gasteiger partial charge in [0.2, 0.25) is 0 Å². The van der Waals surface area contributed by atoms with E-state index in [1.165, 1.54) is 0 Å². The minimum Gasteiger partial charge on any atom is -0.463 e. The van der Waals surface area contributed by atoms with E-state index in [-0.39, 0.29) is 5.97 Å². The van der Waals surface area contributed by atoms with Gasteiger partial charge >= 0.3 is 5.97 Å². The minimum absolute atomic E-state index is 0.240. The maximum absolute atomic E-state index is 11.2. The van der Waals surface area contributed by atoms with Crippen LogP contribution in [0.1, 0.15) is 18.7 Å². The van der Waals surface area contributed by atoms with Crippen LogP contribution in [-0.2, 0) is 9.53 Å². The van der Waals surface area contributed by atoms with Crippen molar-refractivity contribution in [3.05, 3.63) is 28.0 Å². The molecule has 0 radical (unpaired) electrons. The summed E-state index contributed by atoms with van der Waals surface area (Å²) in [6.45, 7) is 3.99. The van der Waals surface area contributed by atoms with Crippen LogP contribution in [0.4, 0.5) is 0 Å². The molecule has 0 atom stereocenters. The summed E-state index contributed by atoms with van der Waals surface area (Å²) in [6, 6.07) is 3.92. The first-order chi connectivity index (χ1) is 6.24. The monoisotopic (exact) mass is 196 g/mol. The number of esters is 1. The fourth-order valence-electron chi connectivity index (χ4n) is 0.891. The first-order valence-electron chi connectivity index (χ1n) is 4.13. The van der Waals surface area contributed by atoms with Crippen LogP contribution in [-0.4, -0.2) is 12.6 Å². The highest BCUT2D eigenvalue weighted by molar-refractivity contribution is 7.10. The van der Waals surface area contributed by atoms with Gasteiger partial charge in [-0.15, -0.1) is 11.3 Å². The van der Waals surface area contributed by atoms with Crippen LogP contribution in [0.3, 0.4) is 0 Å². The lowest BCUT2D eigenvalue weighted by Gasteiger charge is -1.99. The Morgan fingerprint density at radius 2 is 2.46 bits per heavy atom. The third kappa shape index (κ3) is 3.03. The molecular weight excluding hydrogens is 184 g/mol. The standard InChI is InChI=1S/C10H12O2S/c1-3-12-10(11)8(2)7-9-5-4-6-13-9/h4-7H,3H2,1-2H3/b8-7+. The molecule has 1 aromatic heterocycles. The summed E-state index contributed by atoms with van der Waals surface area (Å²) in [5, 5.41) is 1.98. The third-order valence-electron chi connectivity index (χ3n) is 1.50. The summed E-state index contributed by atoms with van der Waals surface area (Å²) in [5.41, 5.74) is 0.643. The SMILES string of the molecule is CCOC(=O)/C(C)=C/c1cccs1. The Balaban J connectivity index is 2.66. The Morgan fingerprint density at radius 1 is 1.69 bits per heavy atom. The van der Waals surface area contributed by atoms with Crippen molar-refractivity contribution in [2.75, 3.05) is 6.61 Å². The van der Waals surface area contributed by atoms with Gasteiger partial charge in [-0.1, -0.05) is 6.07 Å². The lowest BCUT2D eigenvalue weighted by atomic mass is 10.2. The number of rotatable bonds is 3. The highest BCUT2D eigenvalue weighted by Gasteiger charge is 2.03. The molecule has 2 nitrogen and oxygen atoms in total. The Bertz CT molecular complexity index is 299. The van der Waals surface area contributed by atoms with Crippen LogP contribution < -0.4 is 0 Å². The predicted molar refractivity (Wildman–Crippen MR) is 54.6 cm³/mol. The minimum atomic E-state index is -0.240. The molecule has 0 saturated heterocycles. The maximum atomic E-state index is 11.2. The average Bonchev–Trinajstić information content (AvgIpc) is 2.57. The van der Waals surface area contributed by atoms with Crippen molar-refractivity contribution >= 4 is 23.4 Å². The molecule has 1 heterocycles. The molecule has 0 aliphatic heterocycles. The van der Waals surface area contributed by atoms with Crippen LogP contribution in [0.5, 0.6) is 0 Å². The van der Waals surface area contributed by atoms with Crippen molar-refractivity contribution in [2.45, 2.75) is 13.8 Å². The molecule has 0 fully saturated rings. The molecule has 1 rings (SSSR count). The van der Waals surface area contributed by atoms with Crippen LogP contribution in [0.2, 0.25) is 0 Å². The number of carbonyl (C=O) groups is 1. The maximum Gasteiger partial charge on any atom is 0.333 e. The van der Waals surface area contributed by atoms with Gasteiger partial charge in [-0.2, -0.15) is 0 Å². The van der Waals surface area contributed by atoms with E-state index in [9.17, 15) is 4.79 Å². The van der Waals surface area contributed by atoms with E-state index in [4.69, 9.17) is 4.74 Å². The predicted octanol–water partition coefficient (Wildman–Crippen LogP) is 2.71. The van der Waals surface area contributed by atoms with E-state index >= 15 is 0 Å². The summed E-state index contributed by atoms with van der Waals surface area (Å²) in [4.78, 5) is 12.3. The van der Waals surface area contributed by atoms with E-state index < -0.39 is 0 Å². The Labute approximate surface area is 81.8 Å². The van der Waals surface area contributed by atoms with E-state index in [1.807, 2.05) is 23.6 Å². The molecule has 0 saturated carbocycles. The van der Waals surface area contributed by atoms with Crippen molar-refractivity contribution in [3.63, 3.8) is 0 Å². The molecule has 3 heteroatoms. The Hall–Kier alpha value is -1.09. The van der Waals surface area contributed by atoms with Crippen molar-refractivity contribution in [3.8, 4) is 0 Å². The fraction of sp³-hybridized carbons (Fsp3) is 0.300. The molecule has 13 heavy (non-hydrogen) atoms. The lowest BCUT2D eigenvalue weighted by molar-refractivity contribution is -0.138.